The van der Waals surface area contributed by atoms with Gasteiger partial charge < -0.3 is 9.64 Å². The molecule has 4 atom stereocenters. The second-order valence-corrected chi connectivity index (χ2v) is 6.63. The molecule has 98 valence electrons. The Morgan fingerprint density at radius 1 is 1.37 bits per heavy atom. The smallest absolute Gasteiger partial charge is 0.123 e. The van der Waals surface area contributed by atoms with Gasteiger partial charge >= 0.3 is 0 Å². The number of hydrogen-bond donors (Lipinski definition) is 0. The van der Waals surface area contributed by atoms with Crippen molar-refractivity contribution >= 4 is 0 Å². The third-order valence-corrected chi connectivity index (χ3v) is 6.00. The van der Waals surface area contributed by atoms with E-state index in [1.165, 1.54) is 25.1 Å². The van der Waals surface area contributed by atoms with Crippen LogP contribution >= 0.6 is 0 Å². The van der Waals surface area contributed by atoms with Crippen LogP contribution in [0.15, 0.2) is 30.4 Å². The molecule has 0 amide bonds. The highest BCUT2D eigenvalue weighted by molar-refractivity contribution is 5.55. The standard InChI is InChI=1S/C17H19NO/c1-18-9-8-17-12-5-3-7-15(17)19-14-6-2-4-11(16(14)17)10-13(12)18/h2-6,12-13,15H,7-10H2,1H3/t12?,13?,15-,17?/m0/s1. The molecule has 1 fully saturated rings. The van der Waals surface area contributed by atoms with E-state index in [0.29, 0.717) is 18.1 Å². The number of likely N-dealkylation sites (tertiary alicyclic amines) is 1. The molecule has 0 radical (unpaired) electrons. The Kier molecular flexibility index (Phi) is 1.79. The normalized spacial score (nSPS) is 41.8. The molecule has 2 heteroatoms. The van der Waals surface area contributed by atoms with Gasteiger partial charge in [0.05, 0.1) is 0 Å². The van der Waals surface area contributed by atoms with Gasteiger partial charge in [-0.1, -0.05) is 24.3 Å². The number of benzene rings is 1. The number of likely N-dealkylation sites (N-methyl/N-ethyl adjacent to an activating group) is 1. The molecule has 2 bridgehead atoms. The summed E-state index contributed by atoms with van der Waals surface area (Å²) in [6.45, 7) is 1.21. The van der Waals surface area contributed by atoms with Gasteiger partial charge in [-0.3, -0.25) is 0 Å². The average Bonchev–Trinajstić information content (AvgIpc) is 2.76. The lowest BCUT2D eigenvalue weighted by Gasteiger charge is -2.55. The lowest BCUT2D eigenvalue weighted by molar-refractivity contribution is 0.00221. The van der Waals surface area contributed by atoms with E-state index >= 15 is 0 Å². The minimum absolute atomic E-state index is 0.288. The Labute approximate surface area is 114 Å². The minimum Gasteiger partial charge on any atom is -0.489 e. The van der Waals surface area contributed by atoms with Crippen molar-refractivity contribution in [1.29, 1.82) is 0 Å². The Bertz CT molecular complexity index is 593. The van der Waals surface area contributed by atoms with Gasteiger partial charge in [-0.25, -0.2) is 0 Å². The Hall–Kier alpha value is -1.28. The summed E-state index contributed by atoms with van der Waals surface area (Å²) in [7, 11) is 2.29. The summed E-state index contributed by atoms with van der Waals surface area (Å²) in [5.41, 5.74) is 3.40. The van der Waals surface area contributed by atoms with Crippen LogP contribution in [-0.4, -0.2) is 30.6 Å². The average molecular weight is 253 g/mol. The van der Waals surface area contributed by atoms with E-state index in [-0.39, 0.29) is 5.41 Å². The molecule has 19 heavy (non-hydrogen) atoms. The number of nitrogens with zero attached hydrogens (tertiary/aromatic N) is 1. The van der Waals surface area contributed by atoms with Crippen molar-refractivity contribution in [3.63, 3.8) is 0 Å². The fourth-order valence-corrected chi connectivity index (χ4v) is 5.19. The molecule has 2 nitrogen and oxygen atoms in total. The van der Waals surface area contributed by atoms with E-state index in [0.717, 1.165) is 6.42 Å². The van der Waals surface area contributed by atoms with Crippen LogP contribution in [-0.2, 0) is 11.8 Å². The maximum Gasteiger partial charge on any atom is 0.123 e. The molecule has 0 aromatic heterocycles. The first kappa shape index (κ1) is 10.5. The molecule has 1 aromatic rings. The summed E-state index contributed by atoms with van der Waals surface area (Å²) in [4.78, 5) is 2.57. The number of rotatable bonds is 0. The zero-order chi connectivity index (χ0) is 12.6. The van der Waals surface area contributed by atoms with Crippen molar-refractivity contribution in [2.24, 2.45) is 5.92 Å². The van der Waals surface area contributed by atoms with E-state index in [2.05, 4.69) is 42.3 Å². The predicted molar refractivity (Wildman–Crippen MR) is 74.5 cm³/mol. The van der Waals surface area contributed by atoms with Crippen molar-refractivity contribution in [2.75, 3.05) is 13.6 Å². The molecule has 2 heterocycles. The van der Waals surface area contributed by atoms with Gasteiger partial charge in [0.1, 0.15) is 11.9 Å². The molecule has 3 unspecified atom stereocenters. The maximum atomic E-state index is 6.34. The van der Waals surface area contributed by atoms with Gasteiger partial charge in [0.25, 0.3) is 0 Å². The summed E-state index contributed by atoms with van der Waals surface area (Å²) in [6, 6.07) is 7.34. The van der Waals surface area contributed by atoms with E-state index in [9.17, 15) is 0 Å². The Morgan fingerprint density at radius 2 is 2.32 bits per heavy atom. The van der Waals surface area contributed by atoms with Crippen molar-refractivity contribution in [2.45, 2.75) is 36.8 Å². The van der Waals surface area contributed by atoms with Crippen molar-refractivity contribution in [1.82, 2.24) is 4.90 Å². The van der Waals surface area contributed by atoms with Crippen LogP contribution < -0.4 is 4.74 Å². The van der Waals surface area contributed by atoms with Crippen molar-refractivity contribution in [3.05, 3.63) is 41.5 Å². The van der Waals surface area contributed by atoms with Crippen LogP contribution in [0.3, 0.4) is 0 Å². The summed E-state index contributed by atoms with van der Waals surface area (Å²) >= 11 is 0. The largest absolute Gasteiger partial charge is 0.489 e. The van der Waals surface area contributed by atoms with Crippen LogP contribution in [0, 0.1) is 5.92 Å². The number of hydrogen-bond acceptors (Lipinski definition) is 2. The summed E-state index contributed by atoms with van der Waals surface area (Å²) in [5, 5.41) is 0. The zero-order valence-electron chi connectivity index (χ0n) is 11.3. The highest BCUT2D eigenvalue weighted by atomic mass is 16.5. The first-order chi connectivity index (χ1) is 9.30. The topological polar surface area (TPSA) is 12.5 Å². The third-order valence-electron chi connectivity index (χ3n) is 6.00. The molecular weight excluding hydrogens is 234 g/mol. The van der Waals surface area contributed by atoms with Gasteiger partial charge in [-0.2, -0.15) is 0 Å². The molecule has 0 saturated carbocycles. The monoisotopic (exact) mass is 253 g/mol. The summed E-state index contributed by atoms with van der Waals surface area (Å²) < 4.78 is 6.34. The highest BCUT2D eigenvalue weighted by Gasteiger charge is 2.61. The first-order valence-corrected chi connectivity index (χ1v) is 7.46. The molecule has 2 aliphatic heterocycles. The quantitative estimate of drug-likeness (QED) is 0.659. The van der Waals surface area contributed by atoms with Crippen molar-refractivity contribution < 1.29 is 4.74 Å². The molecule has 1 spiro atoms. The predicted octanol–water partition coefficient (Wildman–Crippen LogP) is 2.52. The highest BCUT2D eigenvalue weighted by Crippen LogP contribution is 2.60. The molecule has 2 aliphatic carbocycles. The molecule has 1 aromatic carbocycles. The van der Waals surface area contributed by atoms with E-state index in [4.69, 9.17) is 4.74 Å². The van der Waals surface area contributed by atoms with E-state index < -0.39 is 0 Å². The fourth-order valence-electron chi connectivity index (χ4n) is 5.19. The number of ether oxygens (including phenoxy) is 1. The SMILES string of the molecule is CN1CCC23c4c5cccc4O[C@H]2CC=CC3C1C5. The fraction of sp³-hybridized carbons (Fsp3) is 0.529. The Morgan fingerprint density at radius 3 is 3.26 bits per heavy atom. The van der Waals surface area contributed by atoms with Crippen molar-refractivity contribution in [3.8, 4) is 5.75 Å². The molecule has 0 N–H and O–H groups in total. The molecular formula is C17H19NO. The maximum absolute atomic E-state index is 6.34. The van der Waals surface area contributed by atoms with Gasteiger partial charge in [0.15, 0.2) is 0 Å². The van der Waals surface area contributed by atoms with Crippen LogP contribution in [0.2, 0.25) is 0 Å². The van der Waals surface area contributed by atoms with E-state index in [1.54, 1.807) is 11.1 Å². The van der Waals surface area contributed by atoms with Gasteiger partial charge in [-0.15, -0.1) is 0 Å². The minimum atomic E-state index is 0.288. The third kappa shape index (κ3) is 1.05. The molecule has 5 rings (SSSR count). The molecule has 4 aliphatic rings. The zero-order valence-corrected chi connectivity index (χ0v) is 11.3. The lowest BCUT2D eigenvalue weighted by Crippen LogP contribution is -2.62. The van der Waals surface area contributed by atoms with Crippen LogP contribution in [0.25, 0.3) is 0 Å². The molecule has 1 saturated heterocycles. The van der Waals surface area contributed by atoms with Crippen LogP contribution in [0.1, 0.15) is 24.0 Å². The van der Waals surface area contributed by atoms with Crippen LogP contribution in [0.5, 0.6) is 5.75 Å². The summed E-state index contributed by atoms with van der Waals surface area (Å²) in [5.74, 6) is 1.83. The van der Waals surface area contributed by atoms with Gasteiger partial charge in [0, 0.05) is 29.4 Å². The van der Waals surface area contributed by atoms with Gasteiger partial charge in [-0.05, 0) is 38.1 Å². The second-order valence-electron chi connectivity index (χ2n) is 6.63. The first-order valence-electron chi connectivity index (χ1n) is 7.46. The van der Waals surface area contributed by atoms with Crippen LogP contribution in [0.4, 0.5) is 0 Å². The summed E-state index contributed by atoms with van der Waals surface area (Å²) in [6.07, 6.45) is 8.76. The Balaban J connectivity index is 1.84. The lowest BCUT2D eigenvalue weighted by atomic mass is 9.54. The number of piperidine rings is 1. The van der Waals surface area contributed by atoms with E-state index in [1.807, 2.05) is 0 Å². The van der Waals surface area contributed by atoms with Gasteiger partial charge in [0.2, 0.25) is 0 Å². The second kappa shape index (κ2) is 3.24.